The molecule has 3 heterocycles. The van der Waals surface area contributed by atoms with Crippen LogP contribution in [-0.2, 0) is 20.3 Å². The Balaban J connectivity index is 1.36. The Labute approximate surface area is 286 Å². The van der Waals surface area contributed by atoms with Gasteiger partial charge < -0.3 is 28.3 Å². The summed E-state index contributed by atoms with van der Waals surface area (Å²) in [7, 11) is -2.22. The number of cyclic esters (lactones) is 1. The van der Waals surface area contributed by atoms with Crippen LogP contribution in [-0.4, -0.2) is 60.8 Å². The van der Waals surface area contributed by atoms with E-state index in [1.807, 2.05) is 63.4 Å². The third kappa shape index (κ3) is 8.39. The quantitative estimate of drug-likeness (QED) is 0.173. The number of hydrogen-bond donors (Lipinski definition) is 0. The van der Waals surface area contributed by atoms with E-state index in [1.54, 1.807) is 31.0 Å². The monoisotopic (exact) mass is 674 g/mol. The maximum Gasteiger partial charge on any atom is 0.410 e. The summed E-state index contributed by atoms with van der Waals surface area (Å²) in [5.74, 6) is -0.119. The Kier molecular flexibility index (Phi) is 9.74. The number of nitrogens with zero attached hydrogens (tertiary/aromatic N) is 2. The summed E-state index contributed by atoms with van der Waals surface area (Å²) in [4.78, 5) is 32.2. The number of carbonyl (C=O) groups excluding carboxylic acids is 2. The van der Waals surface area contributed by atoms with Crippen molar-refractivity contribution < 1.29 is 33.0 Å². The highest BCUT2D eigenvalue weighted by atomic mass is 28.4. The van der Waals surface area contributed by atoms with E-state index in [2.05, 4.69) is 44.9 Å². The van der Waals surface area contributed by atoms with Crippen LogP contribution in [0.4, 0.5) is 4.79 Å². The van der Waals surface area contributed by atoms with Gasteiger partial charge in [0, 0.05) is 26.2 Å². The number of pyridine rings is 1. The topological polar surface area (TPSA) is 96.4 Å². The van der Waals surface area contributed by atoms with Crippen molar-refractivity contribution in [3.8, 4) is 22.6 Å². The van der Waals surface area contributed by atoms with Crippen LogP contribution in [0.2, 0.25) is 18.1 Å². The molecule has 0 radical (unpaired) electrons. The van der Waals surface area contributed by atoms with E-state index in [1.165, 1.54) is 0 Å². The van der Waals surface area contributed by atoms with Crippen molar-refractivity contribution in [3.05, 3.63) is 77.6 Å². The zero-order valence-corrected chi connectivity index (χ0v) is 31.0. The van der Waals surface area contributed by atoms with Crippen molar-refractivity contribution in [3.63, 3.8) is 0 Å². The lowest BCUT2D eigenvalue weighted by Gasteiger charge is -2.41. The lowest BCUT2D eigenvalue weighted by Crippen LogP contribution is -2.48. The van der Waals surface area contributed by atoms with E-state index < -0.39 is 31.8 Å². The molecule has 0 saturated carbocycles. The van der Waals surface area contributed by atoms with Crippen LogP contribution in [0, 0.1) is 0 Å². The number of esters is 1. The molecule has 2 aliphatic rings. The van der Waals surface area contributed by atoms with Crippen LogP contribution in [0.25, 0.3) is 11.1 Å². The Bertz CT molecular complexity index is 1640. The smallest absolute Gasteiger partial charge is 0.410 e. The third-order valence-electron chi connectivity index (χ3n) is 9.08. The lowest BCUT2D eigenvalue weighted by molar-refractivity contribution is -0.127. The van der Waals surface area contributed by atoms with Crippen LogP contribution < -0.4 is 9.47 Å². The molecule has 10 heteroatoms. The molecule has 258 valence electrons. The van der Waals surface area contributed by atoms with Crippen LogP contribution >= 0.6 is 0 Å². The van der Waals surface area contributed by atoms with E-state index in [0.29, 0.717) is 24.4 Å². The molecule has 2 aromatic carbocycles. The first-order valence-electron chi connectivity index (χ1n) is 16.7. The van der Waals surface area contributed by atoms with Crippen molar-refractivity contribution in [2.24, 2.45) is 0 Å². The second-order valence-corrected chi connectivity index (χ2v) is 20.5. The lowest BCUT2D eigenvalue weighted by atomic mass is 9.96. The largest absolute Gasteiger partial charge is 0.488 e. The van der Waals surface area contributed by atoms with Crippen LogP contribution in [0.3, 0.4) is 0 Å². The summed E-state index contributed by atoms with van der Waals surface area (Å²) in [6.45, 7) is 20.8. The van der Waals surface area contributed by atoms with E-state index in [4.69, 9.17) is 23.4 Å². The highest BCUT2D eigenvalue weighted by molar-refractivity contribution is 6.74. The van der Waals surface area contributed by atoms with Gasteiger partial charge in [-0.2, -0.15) is 0 Å². The number of benzene rings is 2. The predicted molar refractivity (Wildman–Crippen MR) is 188 cm³/mol. The molecule has 0 unspecified atom stereocenters. The first kappa shape index (κ1) is 35.4. The van der Waals surface area contributed by atoms with Crippen molar-refractivity contribution in [2.75, 3.05) is 13.1 Å². The molecule has 0 N–H and O–H groups in total. The SMILES string of the molecule is CC(C)(C)OC(=O)N(C[C@H]1CCc2cc(-c3ccc4c(c3)OC(C)(C)OC4=O)ccc2O1)C[C@H](O[Si](C)(C)C(C)(C)C)c1cccnc1. The first-order chi connectivity index (χ1) is 22.3. The minimum Gasteiger partial charge on any atom is -0.488 e. The van der Waals surface area contributed by atoms with E-state index in [0.717, 1.165) is 40.8 Å². The summed E-state index contributed by atoms with van der Waals surface area (Å²) in [6.07, 6.45) is 4.06. The highest BCUT2D eigenvalue weighted by Crippen LogP contribution is 2.41. The van der Waals surface area contributed by atoms with Gasteiger partial charge in [-0.15, -0.1) is 0 Å². The van der Waals surface area contributed by atoms with Gasteiger partial charge in [0.25, 0.3) is 0 Å². The zero-order valence-electron chi connectivity index (χ0n) is 30.0. The molecule has 48 heavy (non-hydrogen) atoms. The Morgan fingerprint density at radius 3 is 2.40 bits per heavy atom. The van der Waals surface area contributed by atoms with Crippen LogP contribution in [0.15, 0.2) is 60.9 Å². The molecule has 3 aromatic rings. The standard InChI is InChI=1S/C38H50N2O7Si/c1-36(2,3)46-35(42)40(24-33(28-12-11-19-39-22-28)47-48(9,10)37(4,5)6)23-29-16-13-27-20-25(15-18-31(27)43-29)26-14-17-30-32(21-26)44-38(7,8)45-34(30)41/h11-12,14-15,17-22,29,33H,13,16,23-24H2,1-10H3/t29-,33+/m1/s1. The third-order valence-corrected chi connectivity index (χ3v) is 13.6. The maximum atomic E-state index is 13.7. The number of fused-ring (bicyclic) bond motifs is 2. The highest BCUT2D eigenvalue weighted by Gasteiger charge is 2.41. The number of aromatic nitrogens is 1. The summed E-state index contributed by atoms with van der Waals surface area (Å²) in [6, 6.07) is 15.5. The Morgan fingerprint density at radius 2 is 1.73 bits per heavy atom. The average Bonchev–Trinajstić information content (AvgIpc) is 2.98. The van der Waals surface area contributed by atoms with E-state index in [9.17, 15) is 9.59 Å². The van der Waals surface area contributed by atoms with Gasteiger partial charge in [0.2, 0.25) is 5.79 Å². The minimum absolute atomic E-state index is 0.0200. The molecule has 2 atom stereocenters. The summed E-state index contributed by atoms with van der Waals surface area (Å²) in [5.41, 5.74) is 3.69. The first-order valence-corrected chi connectivity index (χ1v) is 19.6. The molecular formula is C38H50N2O7Si. The van der Waals surface area contributed by atoms with Crippen LogP contribution in [0.1, 0.15) is 89.4 Å². The number of carbonyl (C=O) groups is 2. The minimum atomic E-state index is -2.22. The summed E-state index contributed by atoms with van der Waals surface area (Å²) in [5, 5.41) is -0.0200. The van der Waals surface area contributed by atoms with Crippen LogP contribution in [0.5, 0.6) is 11.5 Å². The van der Waals surface area contributed by atoms with Gasteiger partial charge in [-0.3, -0.25) is 4.98 Å². The molecule has 1 aromatic heterocycles. The molecular weight excluding hydrogens is 625 g/mol. The van der Waals surface area contributed by atoms with Gasteiger partial charge in [-0.25, -0.2) is 9.59 Å². The van der Waals surface area contributed by atoms with Crippen molar-refractivity contribution >= 4 is 20.4 Å². The molecule has 0 saturated heterocycles. The number of aryl methyl sites for hydroxylation is 1. The number of amides is 1. The molecule has 1 amide bonds. The second-order valence-electron chi connectivity index (χ2n) is 15.7. The van der Waals surface area contributed by atoms with Crippen molar-refractivity contribution in [2.45, 2.75) is 110 Å². The van der Waals surface area contributed by atoms with E-state index in [-0.39, 0.29) is 17.2 Å². The van der Waals surface area contributed by atoms with Gasteiger partial charge in [0.15, 0.2) is 8.32 Å². The Hall–Kier alpha value is -3.89. The predicted octanol–water partition coefficient (Wildman–Crippen LogP) is 8.73. The molecule has 0 fully saturated rings. The van der Waals surface area contributed by atoms with Crippen molar-refractivity contribution in [1.29, 1.82) is 0 Å². The fraction of sp³-hybridized carbons (Fsp3) is 0.500. The number of rotatable bonds is 8. The number of ether oxygens (including phenoxy) is 4. The molecule has 5 rings (SSSR count). The fourth-order valence-electron chi connectivity index (χ4n) is 5.58. The van der Waals surface area contributed by atoms with Gasteiger partial charge in [0.1, 0.15) is 28.8 Å². The number of hydrogen-bond acceptors (Lipinski definition) is 8. The van der Waals surface area contributed by atoms with Gasteiger partial charge in [-0.05, 0) is 104 Å². The van der Waals surface area contributed by atoms with Gasteiger partial charge >= 0.3 is 12.1 Å². The molecule has 0 aliphatic carbocycles. The van der Waals surface area contributed by atoms with Crippen molar-refractivity contribution in [1.82, 2.24) is 9.88 Å². The molecule has 2 aliphatic heterocycles. The Morgan fingerprint density at radius 1 is 1.02 bits per heavy atom. The molecule has 9 nitrogen and oxygen atoms in total. The van der Waals surface area contributed by atoms with E-state index >= 15 is 0 Å². The average molecular weight is 675 g/mol. The van der Waals surface area contributed by atoms with Gasteiger partial charge in [0.05, 0.1) is 19.2 Å². The maximum absolute atomic E-state index is 13.7. The summed E-state index contributed by atoms with van der Waals surface area (Å²) < 4.78 is 30.7. The molecule has 0 spiro atoms. The zero-order chi connectivity index (χ0) is 35.1. The summed E-state index contributed by atoms with van der Waals surface area (Å²) >= 11 is 0. The van der Waals surface area contributed by atoms with Gasteiger partial charge in [-0.1, -0.05) is 39.0 Å². The normalized spacial score (nSPS) is 18.0. The fourth-order valence-corrected chi connectivity index (χ4v) is 6.85. The second kappa shape index (κ2) is 13.2. The molecule has 0 bridgehead atoms.